The molecule has 0 N–H and O–H groups in total. The third-order valence-electron chi connectivity index (χ3n) is 5.89. The van der Waals surface area contributed by atoms with Crippen LogP contribution in [0.1, 0.15) is 31.9 Å². The molecule has 2 fully saturated rings. The summed E-state index contributed by atoms with van der Waals surface area (Å²) in [6.07, 6.45) is 0.291. The molecule has 4 rings (SSSR count). The Kier molecular flexibility index (Phi) is 3.74. The van der Waals surface area contributed by atoms with E-state index in [4.69, 9.17) is 20.8 Å². The molecule has 0 spiro atoms. The molecule has 0 saturated carbocycles. The first-order valence-electron chi connectivity index (χ1n) is 8.77. The van der Waals surface area contributed by atoms with Gasteiger partial charge in [-0.25, -0.2) is 6.57 Å². The van der Waals surface area contributed by atoms with Gasteiger partial charge in [0.2, 0.25) is 24.4 Å². The van der Waals surface area contributed by atoms with E-state index in [9.17, 15) is 9.59 Å². The predicted molar refractivity (Wildman–Crippen MR) is 94.3 cm³/mol. The minimum atomic E-state index is -0.931. The summed E-state index contributed by atoms with van der Waals surface area (Å²) in [5.41, 5.74) is -0.227. The van der Waals surface area contributed by atoms with E-state index >= 15 is 0 Å². The zero-order chi connectivity index (χ0) is 19.5. The fourth-order valence-electron chi connectivity index (χ4n) is 4.31. The van der Waals surface area contributed by atoms with E-state index < -0.39 is 23.7 Å². The summed E-state index contributed by atoms with van der Waals surface area (Å²) in [5.74, 6) is 1.22. The van der Waals surface area contributed by atoms with Crippen molar-refractivity contribution in [2.24, 2.45) is 0 Å². The lowest BCUT2D eigenvalue weighted by Crippen LogP contribution is -2.60. The van der Waals surface area contributed by atoms with E-state index in [0.717, 1.165) is 0 Å². The maximum absolute atomic E-state index is 13.1. The van der Waals surface area contributed by atoms with Crippen molar-refractivity contribution < 1.29 is 23.8 Å². The Morgan fingerprint density at radius 2 is 2.04 bits per heavy atom. The summed E-state index contributed by atoms with van der Waals surface area (Å²) in [4.78, 5) is 32.8. The first-order valence-corrected chi connectivity index (χ1v) is 8.77. The molecule has 3 heterocycles. The molecule has 0 radical (unpaired) electrons. The molecule has 2 amide bonds. The van der Waals surface area contributed by atoms with Gasteiger partial charge in [0.25, 0.3) is 5.54 Å². The Morgan fingerprint density at radius 1 is 1.30 bits per heavy atom. The van der Waals surface area contributed by atoms with Crippen LogP contribution >= 0.6 is 0 Å². The van der Waals surface area contributed by atoms with Gasteiger partial charge in [-0.3, -0.25) is 9.59 Å². The maximum atomic E-state index is 13.1. The SMILES string of the molecule is [C-]#[N+][C@@]1(C)C[C@H]2C(=O)N(C)[C@H](C)C(=O)N2C1c1cc(OC)c2c(c1)OCO2. The van der Waals surface area contributed by atoms with Crippen LogP contribution in [0, 0.1) is 6.57 Å². The Labute approximate surface area is 157 Å². The third kappa shape index (κ3) is 2.27. The quantitative estimate of drug-likeness (QED) is 0.739. The second kappa shape index (κ2) is 5.78. The number of hydrogen-bond acceptors (Lipinski definition) is 5. The molecule has 1 aromatic carbocycles. The average Bonchev–Trinajstić information content (AvgIpc) is 3.26. The molecule has 27 heavy (non-hydrogen) atoms. The highest BCUT2D eigenvalue weighted by Crippen LogP contribution is 2.52. The van der Waals surface area contributed by atoms with Crippen LogP contribution in [0.3, 0.4) is 0 Å². The number of nitrogens with zero attached hydrogens (tertiary/aromatic N) is 3. The smallest absolute Gasteiger partial charge is 0.256 e. The van der Waals surface area contributed by atoms with Crippen LogP contribution in [0.5, 0.6) is 17.2 Å². The van der Waals surface area contributed by atoms with Gasteiger partial charge in [-0.1, -0.05) is 0 Å². The van der Waals surface area contributed by atoms with E-state index in [2.05, 4.69) is 4.85 Å². The van der Waals surface area contributed by atoms with Gasteiger partial charge in [0, 0.05) is 14.0 Å². The van der Waals surface area contributed by atoms with E-state index in [1.165, 1.54) is 12.0 Å². The lowest BCUT2D eigenvalue weighted by molar-refractivity contribution is -0.159. The normalized spacial score (nSPS) is 31.7. The van der Waals surface area contributed by atoms with Crippen molar-refractivity contribution in [1.82, 2.24) is 9.80 Å². The molecule has 1 unspecified atom stereocenters. The molecule has 3 aliphatic heterocycles. The summed E-state index contributed by atoms with van der Waals surface area (Å²) in [5, 5.41) is 0. The first-order chi connectivity index (χ1) is 12.8. The lowest BCUT2D eigenvalue weighted by atomic mass is 9.87. The Hall–Kier alpha value is -2.95. The molecular formula is C19H21N3O5. The van der Waals surface area contributed by atoms with Gasteiger partial charge in [0.05, 0.1) is 13.5 Å². The molecule has 0 aromatic heterocycles. The monoisotopic (exact) mass is 371 g/mol. The molecule has 0 bridgehead atoms. The maximum Gasteiger partial charge on any atom is 0.256 e. The van der Waals surface area contributed by atoms with Crippen molar-refractivity contribution >= 4 is 11.8 Å². The number of benzene rings is 1. The Bertz CT molecular complexity index is 879. The Morgan fingerprint density at radius 3 is 2.70 bits per heavy atom. The number of carbonyl (C=O) groups excluding carboxylic acids is 2. The summed E-state index contributed by atoms with van der Waals surface area (Å²) >= 11 is 0. The zero-order valence-corrected chi connectivity index (χ0v) is 15.7. The number of rotatable bonds is 2. The van der Waals surface area contributed by atoms with E-state index in [-0.39, 0.29) is 18.6 Å². The zero-order valence-electron chi connectivity index (χ0n) is 15.7. The molecule has 1 aromatic rings. The molecule has 8 nitrogen and oxygen atoms in total. The van der Waals surface area contributed by atoms with Crippen molar-refractivity contribution in [2.45, 2.75) is 43.9 Å². The fourth-order valence-corrected chi connectivity index (χ4v) is 4.31. The largest absolute Gasteiger partial charge is 0.493 e. The van der Waals surface area contributed by atoms with Gasteiger partial charge >= 0.3 is 0 Å². The first kappa shape index (κ1) is 17.5. The topological polar surface area (TPSA) is 72.7 Å². The van der Waals surface area contributed by atoms with Crippen molar-refractivity contribution in [3.05, 3.63) is 29.1 Å². The minimum absolute atomic E-state index is 0.0888. The van der Waals surface area contributed by atoms with Gasteiger partial charge in [-0.05, 0) is 24.6 Å². The summed E-state index contributed by atoms with van der Waals surface area (Å²) < 4.78 is 16.4. The predicted octanol–water partition coefficient (Wildman–Crippen LogP) is 1.60. The van der Waals surface area contributed by atoms with E-state index in [1.54, 1.807) is 37.9 Å². The molecule has 142 valence electrons. The van der Waals surface area contributed by atoms with Crippen LogP contribution in [-0.4, -0.2) is 60.2 Å². The highest BCUT2D eigenvalue weighted by molar-refractivity contribution is 5.98. The minimum Gasteiger partial charge on any atom is -0.493 e. The van der Waals surface area contributed by atoms with Gasteiger partial charge in [0.1, 0.15) is 18.1 Å². The van der Waals surface area contributed by atoms with Crippen LogP contribution in [0.25, 0.3) is 4.85 Å². The van der Waals surface area contributed by atoms with Crippen molar-refractivity contribution in [1.29, 1.82) is 0 Å². The number of amides is 2. The molecule has 8 heteroatoms. The van der Waals surface area contributed by atoms with Gasteiger partial charge in [-0.2, -0.15) is 0 Å². The number of likely N-dealkylation sites (N-methyl/N-ethyl adjacent to an activating group) is 1. The number of ether oxygens (including phenoxy) is 3. The van der Waals surface area contributed by atoms with Gasteiger partial charge in [-0.15, -0.1) is 0 Å². The molecule has 2 saturated heterocycles. The second-order valence-corrected chi connectivity index (χ2v) is 7.42. The average molecular weight is 371 g/mol. The summed E-state index contributed by atoms with van der Waals surface area (Å²) in [6.45, 7) is 11.4. The number of methoxy groups -OCH3 is 1. The number of fused-ring (bicyclic) bond motifs is 2. The lowest BCUT2D eigenvalue weighted by Gasteiger charge is -2.41. The molecular weight excluding hydrogens is 350 g/mol. The van der Waals surface area contributed by atoms with Gasteiger partial charge < -0.3 is 28.9 Å². The van der Waals surface area contributed by atoms with Crippen LogP contribution in [0.15, 0.2) is 12.1 Å². The van der Waals surface area contributed by atoms with Crippen LogP contribution in [0.2, 0.25) is 0 Å². The Balaban J connectivity index is 1.87. The van der Waals surface area contributed by atoms with Crippen molar-refractivity contribution in [3.63, 3.8) is 0 Å². The third-order valence-corrected chi connectivity index (χ3v) is 5.89. The number of hydrogen-bond donors (Lipinski definition) is 0. The highest BCUT2D eigenvalue weighted by atomic mass is 16.7. The van der Waals surface area contributed by atoms with Crippen LogP contribution < -0.4 is 14.2 Å². The van der Waals surface area contributed by atoms with Crippen molar-refractivity contribution in [2.75, 3.05) is 21.0 Å². The molecule has 4 atom stereocenters. The van der Waals surface area contributed by atoms with Crippen LogP contribution in [0.4, 0.5) is 0 Å². The van der Waals surface area contributed by atoms with Gasteiger partial charge in [0.15, 0.2) is 11.5 Å². The molecule has 3 aliphatic rings. The number of carbonyl (C=O) groups is 2. The van der Waals surface area contributed by atoms with Crippen LogP contribution in [-0.2, 0) is 9.59 Å². The standard InChI is InChI=1S/C19H21N3O5/c1-10-17(23)22-12(18(24)21(10)4)8-19(2,20-3)16(22)11-6-13(25-5)15-14(7-11)26-9-27-15/h6-7,10,12,16H,8-9H2,1-2,4-5H3/t10-,12+,16?,19+/m1/s1. The highest BCUT2D eigenvalue weighted by Gasteiger charge is 2.62. The van der Waals surface area contributed by atoms with E-state index in [0.29, 0.717) is 29.2 Å². The van der Waals surface area contributed by atoms with Crippen molar-refractivity contribution in [3.8, 4) is 17.2 Å². The number of piperazine rings is 1. The molecule has 0 aliphatic carbocycles. The fraction of sp³-hybridized carbons (Fsp3) is 0.526. The second-order valence-electron chi connectivity index (χ2n) is 7.42. The summed E-state index contributed by atoms with van der Waals surface area (Å²) in [6, 6.07) is 1.77. The summed E-state index contributed by atoms with van der Waals surface area (Å²) in [7, 11) is 3.16. The van der Waals surface area contributed by atoms with E-state index in [1.807, 2.05) is 0 Å².